The van der Waals surface area contributed by atoms with Crippen molar-refractivity contribution in [1.82, 2.24) is 0 Å². The number of rotatable bonds is 4. The van der Waals surface area contributed by atoms with Gasteiger partial charge in [-0.15, -0.1) is 0 Å². The highest BCUT2D eigenvalue weighted by molar-refractivity contribution is 9.10. The Balaban J connectivity index is 2.02. The molecule has 0 aliphatic rings. The average Bonchev–Trinajstić information content (AvgIpc) is 2.36. The number of hydrogen-bond donors (Lipinski definition) is 1. The Hall–Kier alpha value is -1.39. The van der Waals surface area contributed by atoms with Crippen molar-refractivity contribution in [3.05, 3.63) is 63.9 Å². The SMILES string of the molecule is C[C@H](N)c1ccc(OCc2cc(F)cc(Br)c2)cc1. The van der Waals surface area contributed by atoms with Crippen LogP contribution in [0.25, 0.3) is 0 Å². The number of benzene rings is 2. The van der Waals surface area contributed by atoms with Crippen molar-refractivity contribution in [2.75, 3.05) is 0 Å². The van der Waals surface area contributed by atoms with E-state index < -0.39 is 0 Å². The van der Waals surface area contributed by atoms with Crippen LogP contribution in [-0.4, -0.2) is 0 Å². The van der Waals surface area contributed by atoms with Crippen LogP contribution in [-0.2, 0) is 6.61 Å². The molecule has 2 nitrogen and oxygen atoms in total. The zero-order valence-corrected chi connectivity index (χ0v) is 12.2. The van der Waals surface area contributed by atoms with Crippen LogP contribution < -0.4 is 10.5 Å². The molecule has 0 saturated carbocycles. The van der Waals surface area contributed by atoms with Crippen LogP contribution in [0, 0.1) is 5.82 Å². The van der Waals surface area contributed by atoms with Gasteiger partial charge in [-0.05, 0) is 48.4 Å². The van der Waals surface area contributed by atoms with E-state index in [0.29, 0.717) is 11.1 Å². The predicted molar refractivity (Wildman–Crippen MR) is 77.5 cm³/mol. The Bertz CT molecular complexity index is 534. The lowest BCUT2D eigenvalue weighted by Crippen LogP contribution is -2.04. The van der Waals surface area contributed by atoms with Crippen molar-refractivity contribution in [3.8, 4) is 5.75 Å². The van der Waals surface area contributed by atoms with Gasteiger partial charge in [-0.25, -0.2) is 4.39 Å². The van der Waals surface area contributed by atoms with Gasteiger partial charge in [0.1, 0.15) is 18.2 Å². The van der Waals surface area contributed by atoms with Crippen molar-refractivity contribution in [2.24, 2.45) is 5.73 Å². The minimum Gasteiger partial charge on any atom is -0.489 e. The third-order valence-corrected chi connectivity index (χ3v) is 3.19. The second-order valence-corrected chi connectivity index (χ2v) is 5.34. The fraction of sp³-hybridized carbons (Fsp3) is 0.200. The quantitative estimate of drug-likeness (QED) is 0.915. The Morgan fingerprint density at radius 2 is 1.89 bits per heavy atom. The summed E-state index contributed by atoms with van der Waals surface area (Å²) < 4.78 is 19.5. The smallest absolute Gasteiger partial charge is 0.124 e. The van der Waals surface area contributed by atoms with Crippen LogP contribution in [0.4, 0.5) is 4.39 Å². The van der Waals surface area contributed by atoms with E-state index in [-0.39, 0.29) is 11.9 Å². The van der Waals surface area contributed by atoms with E-state index in [9.17, 15) is 4.39 Å². The molecule has 0 bridgehead atoms. The van der Waals surface area contributed by atoms with E-state index in [1.807, 2.05) is 37.3 Å². The fourth-order valence-electron chi connectivity index (χ4n) is 1.73. The van der Waals surface area contributed by atoms with Gasteiger partial charge in [0.15, 0.2) is 0 Å². The molecule has 1 atom stereocenters. The maximum atomic E-state index is 13.2. The van der Waals surface area contributed by atoms with Gasteiger partial charge in [-0.2, -0.15) is 0 Å². The number of hydrogen-bond acceptors (Lipinski definition) is 2. The molecule has 0 unspecified atom stereocenters. The minimum atomic E-state index is -0.278. The standard InChI is InChI=1S/C15H15BrFNO/c1-10(18)12-2-4-15(5-3-12)19-9-11-6-13(16)8-14(17)7-11/h2-8,10H,9,18H2,1H3/t10-/m0/s1. The van der Waals surface area contributed by atoms with Gasteiger partial charge >= 0.3 is 0 Å². The highest BCUT2D eigenvalue weighted by atomic mass is 79.9. The summed E-state index contributed by atoms with van der Waals surface area (Å²) in [5.74, 6) is 0.463. The van der Waals surface area contributed by atoms with Gasteiger partial charge in [0, 0.05) is 10.5 Å². The summed E-state index contributed by atoms with van der Waals surface area (Å²) in [4.78, 5) is 0. The first-order chi connectivity index (χ1) is 9.04. The van der Waals surface area contributed by atoms with E-state index in [0.717, 1.165) is 16.9 Å². The Morgan fingerprint density at radius 1 is 1.21 bits per heavy atom. The van der Waals surface area contributed by atoms with Crippen molar-refractivity contribution in [1.29, 1.82) is 0 Å². The third-order valence-electron chi connectivity index (χ3n) is 2.73. The summed E-state index contributed by atoms with van der Waals surface area (Å²) >= 11 is 3.26. The summed E-state index contributed by atoms with van der Waals surface area (Å²) in [5, 5.41) is 0. The first-order valence-corrected chi connectivity index (χ1v) is 6.77. The molecule has 100 valence electrons. The zero-order valence-electron chi connectivity index (χ0n) is 10.6. The first kappa shape index (κ1) is 14.0. The van der Waals surface area contributed by atoms with Crippen LogP contribution in [0.3, 0.4) is 0 Å². The molecule has 4 heteroatoms. The van der Waals surface area contributed by atoms with Gasteiger partial charge in [0.25, 0.3) is 0 Å². The molecule has 0 aliphatic heterocycles. The molecule has 2 N–H and O–H groups in total. The summed E-state index contributed by atoms with van der Waals surface area (Å²) in [6.07, 6.45) is 0. The third kappa shape index (κ3) is 4.04. The Morgan fingerprint density at radius 3 is 2.47 bits per heavy atom. The second kappa shape index (κ2) is 6.17. The lowest BCUT2D eigenvalue weighted by Gasteiger charge is -2.09. The topological polar surface area (TPSA) is 35.2 Å². The van der Waals surface area contributed by atoms with Crippen LogP contribution >= 0.6 is 15.9 Å². The van der Waals surface area contributed by atoms with E-state index in [1.165, 1.54) is 12.1 Å². The molecule has 0 heterocycles. The summed E-state index contributed by atoms with van der Waals surface area (Å²) in [6.45, 7) is 2.26. The van der Waals surface area contributed by atoms with E-state index in [4.69, 9.17) is 10.5 Å². The number of ether oxygens (including phenoxy) is 1. The highest BCUT2D eigenvalue weighted by Crippen LogP contribution is 2.19. The van der Waals surface area contributed by atoms with Crippen molar-refractivity contribution < 1.29 is 9.13 Å². The second-order valence-electron chi connectivity index (χ2n) is 4.42. The maximum Gasteiger partial charge on any atom is 0.124 e. The van der Waals surface area contributed by atoms with Crippen LogP contribution in [0.15, 0.2) is 46.9 Å². The molecule has 2 rings (SSSR count). The molecular weight excluding hydrogens is 309 g/mol. The molecule has 0 amide bonds. The number of halogens is 2. The monoisotopic (exact) mass is 323 g/mol. The molecule has 0 saturated heterocycles. The lowest BCUT2D eigenvalue weighted by atomic mass is 10.1. The van der Waals surface area contributed by atoms with Crippen molar-refractivity contribution >= 4 is 15.9 Å². The minimum absolute atomic E-state index is 0.00762. The van der Waals surface area contributed by atoms with Crippen molar-refractivity contribution in [3.63, 3.8) is 0 Å². The van der Waals surface area contributed by atoms with Gasteiger partial charge in [-0.3, -0.25) is 0 Å². The molecule has 2 aromatic carbocycles. The molecule has 2 aromatic rings. The summed E-state index contributed by atoms with van der Waals surface area (Å²) in [6, 6.07) is 12.3. The Labute approximate surface area is 120 Å². The molecule has 0 spiro atoms. The van der Waals surface area contributed by atoms with Gasteiger partial charge < -0.3 is 10.5 Å². The average molecular weight is 324 g/mol. The maximum absolute atomic E-state index is 13.2. The summed E-state index contributed by atoms with van der Waals surface area (Å²) in [5.41, 5.74) is 7.61. The van der Waals surface area contributed by atoms with Crippen LogP contribution in [0.5, 0.6) is 5.75 Å². The summed E-state index contributed by atoms with van der Waals surface area (Å²) in [7, 11) is 0. The highest BCUT2D eigenvalue weighted by Gasteiger charge is 2.02. The van der Waals surface area contributed by atoms with Gasteiger partial charge in [0.2, 0.25) is 0 Å². The molecule has 0 fully saturated rings. The molecular formula is C15H15BrFNO. The zero-order chi connectivity index (χ0) is 13.8. The van der Waals surface area contributed by atoms with E-state index in [1.54, 1.807) is 0 Å². The Kier molecular flexibility index (Phi) is 4.56. The molecule has 0 aromatic heterocycles. The van der Waals surface area contributed by atoms with E-state index in [2.05, 4.69) is 15.9 Å². The van der Waals surface area contributed by atoms with Crippen LogP contribution in [0.2, 0.25) is 0 Å². The van der Waals surface area contributed by atoms with E-state index >= 15 is 0 Å². The molecule has 0 aliphatic carbocycles. The largest absolute Gasteiger partial charge is 0.489 e. The lowest BCUT2D eigenvalue weighted by molar-refractivity contribution is 0.305. The fourth-order valence-corrected chi connectivity index (χ4v) is 2.24. The molecule has 0 radical (unpaired) electrons. The normalized spacial score (nSPS) is 12.2. The number of nitrogens with two attached hydrogens (primary N) is 1. The van der Waals surface area contributed by atoms with Gasteiger partial charge in [-0.1, -0.05) is 28.1 Å². The van der Waals surface area contributed by atoms with Gasteiger partial charge in [0.05, 0.1) is 0 Å². The first-order valence-electron chi connectivity index (χ1n) is 5.98. The predicted octanol–water partition coefficient (Wildman–Crippen LogP) is 4.19. The van der Waals surface area contributed by atoms with Crippen LogP contribution in [0.1, 0.15) is 24.1 Å². The molecule has 19 heavy (non-hydrogen) atoms. The van der Waals surface area contributed by atoms with Crippen molar-refractivity contribution in [2.45, 2.75) is 19.6 Å².